The van der Waals surface area contributed by atoms with Crippen molar-refractivity contribution in [3.8, 4) is 0 Å². The van der Waals surface area contributed by atoms with Crippen molar-refractivity contribution in [3.05, 3.63) is 35.9 Å². The fraction of sp³-hybridized carbons (Fsp3) is 0.571. The summed E-state index contributed by atoms with van der Waals surface area (Å²) in [7, 11) is 0. The molecule has 1 nitrogen and oxygen atoms in total. The molecule has 0 amide bonds. The fourth-order valence-electron chi connectivity index (χ4n) is 2.40. The van der Waals surface area contributed by atoms with E-state index in [1.165, 1.54) is 31.2 Å². The van der Waals surface area contributed by atoms with Crippen molar-refractivity contribution in [2.24, 2.45) is 0 Å². The summed E-state index contributed by atoms with van der Waals surface area (Å²) in [6, 6.07) is 11.4. The number of rotatable bonds is 4. The van der Waals surface area contributed by atoms with E-state index in [-0.39, 0.29) is 0 Å². The molecule has 0 spiro atoms. The monoisotopic (exact) mass is 235 g/mol. The largest absolute Gasteiger partial charge is 0.310 e. The zero-order chi connectivity index (χ0) is 11.2. The van der Waals surface area contributed by atoms with Crippen molar-refractivity contribution in [2.45, 2.75) is 43.5 Å². The first-order chi connectivity index (χ1) is 7.88. The van der Waals surface area contributed by atoms with Crippen LogP contribution in [0.3, 0.4) is 0 Å². The van der Waals surface area contributed by atoms with Crippen molar-refractivity contribution in [2.75, 3.05) is 6.26 Å². The van der Waals surface area contributed by atoms with Crippen LogP contribution in [0.2, 0.25) is 0 Å². The third-order valence-corrected chi connectivity index (χ3v) is 4.49. The van der Waals surface area contributed by atoms with Crippen LogP contribution >= 0.6 is 11.8 Å². The van der Waals surface area contributed by atoms with Gasteiger partial charge in [-0.25, -0.2) is 0 Å². The second-order valence-electron chi connectivity index (χ2n) is 4.59. The van der Waals surface area contributed by atoms with Gasteiger partial charge in [0.15, 0.2) is 0 Å². The zero-order valence-corrected chi connectivity index (χ0v) is 10.8. The Kier molecular flexibility index (Phi) is 4.73. The number of hydrogen-bond donors (Lipinski definition) is 1. The van der Waals surface area contributed by atoms with Gasteiger partial charge in [0.1, 0.15) is 0 Å². The highest BCUT2D eigenvalue weighted by Crippen LogP contribution is 2.26. The van der Waals surface area contributed by atoms with Gasteiger partial charge < -0.3 is 5.32 Å². The van der Waals surface area contributed by atoms with Crippen molar-refractivity contribution < 1.29 is 0 Å². The van der Waals surface area contributed by atoms with Crippen LogP contribution < -0.4 is 5.32 Å². The Bertz CT molecular complexity index is 299. The van der Waals surface area contributed by atoms with E-state index in [4.69, 9.17) is 0 Å². The summed E-state index contributed by atoms with van der Waals surface area (Å²) >= 11 is 2.03. The zero-order valence-electron chi connectivity index (χ0n) is 9.99. The van der Waals surface area contributed by atoms with Crippen LogP contribution in [0.4, 0.5) is 0 Å². The lowest BCUT2D eigenvalue weighted by atomic mass is 9.95. The van der Waals surface area contributed by atoms with Crippen LogP contribution in [0.15, 0.2) is 30.3 Å². The number of nitrogens with one attached hydrogen (secondary N) is 1. The first kappa shape index (κ1) is 12.0. The number of hydrogen-bond acceptors (Lipinski definition) is 2. The summed E-state index contributed by atoms with van der Waals surface area (Å²) in [6.07, 6.45) is 7.73. The molecule has 1 aliphatic carbocycles. The molecule has 2 atom stereocenters. The molecular formula is C14H21NS. The molecule has 2 unspecified atom stereocenters. The summed E-state index contributed by atoms with van der Waals surface area (Å²) < 4.78 is 0. The molecule has 0 radical (unpaired) electrons. The molecule has 0 aliphatic heterocycles. The first-order valence-corrected chi connectivity index (χ1v) is 7.47. The van der Waals surface area contributed by atoms with Crippen molar-refractivity contribution in [1.29, 1.82) is 0 Å². The van der Waals surface area contributed by atoms with E-state index in [1.54, 1.807) is 0 Å². The molecule has 0 heterocycles. The minimum absolute atomic E-state index is 0.728. The fourth-order valence-corrected chi connectivity index (χ4v) is 3.23. The SMILES string of the molecule is CSC1CCCC(NCc2ccccc2)C1. The molecule has 88 valence electrons. The van der Waals surface area contributed by atoms with Gasteiger partial charge in [-0.2, -0.15) is 11.8 Å². The highest BCUT2D eigenvalue weighted by molar-refractivity contribution is 7.99. The van der Waals surface area contributed by atoms with Gasteiger partial charge in [0.25, 0.3) is 0 Å². The predicted octanol–water partition coefficient (Wildman–Crippen LogP) is 3.45. The Morgan fingerprint density at radius 1 is 1.25 bits per heavy atom. The Labute approximate surface area is 103 Å². The lowest BCUT2D eigenvalue weighted by Gasteiger charge is -2.28. The van der Waals surface area contributed by atoms with Crippen molar-refractivity contribution in [3.63, 3.8) is 0 Å². The van der Waals surface area contributed by atoms with E-state index in [2.05, 4.69) is 41.9 Å². The second-order valence-corrected chi connectivity index (χ2v) is 5.73. The summed E-state index contributed by atoms with van der Waals surface area (Å²) in [5, 5.41) is 4.57. The van der Waals surface area contributed by atoms with Crippen LogP contribution in [0.1, 0.15) is 31.2 Å². The molecule has 1 aromatic carbocycles. The van der Waals surface area contributed by atoms with E-state index in [9.17, 15) is 0 Å². The highest BCUT2D eigenvalue weighted by Gasteiger charge is 2.20. The predicted molar refractivity (Wildman–Crippen MR) is 72.8 cm³/mol. The van der Waals surface area contributed by atoms with Gasteiger partial charge >= 0.3 is 0 Å². The molecule has 0 saturated heterocycles. The van der Waals surface area contributed by atoms with Gasteiger partial charge in [0.2, 0.25) is 0 Å². The van der Waals surface area contributed by atoms with Gasteiger partial charge in [-0.05, 0) is 31.1 Å². The molecule has 1 aromatic rings. The van der Waals surface area contributed by atoms with Crippen LogP contribution in [-0.4, -0.2) is 17.5 Å². The van der Waals surface area contributed by atoms with Gasteiger partial charge in [-0.15, -0.1) is 0 Å². The smallest absolute Gasteiger partial charge is 0.0208 e. The molecule has 2 rings (SSSR count). The second kappa shape index (κ2) is 6.31. The van der Waals surface area contributed by atoms with Crippen molar-refractivity contribution in [1.82, 2.24) is 5.32 Å². The van der Waals surface area contributed by atoms with Gasteiger partial charge in [-0.1, -0.05) is 36.8 Å². The number of benzene rings is 1. The van der Waals surface area contributed by atoms with Crippen LogP contribution in [0.25, 0.3) is 0 Å². The highest BCUT2D eigenvalue weighted by atomic mass is 32.2. The molecule has 0 aromatic heterocycles. The standard InChI is InChI=1S/C14H21NS/c1-16-14-9-5-8-13(10-14)15-11-12-6-3-2-4-7-12/h2-4,6-7,13-15H,5,8-11H2,1H3. The maximum Gasteiger partial charge on any atom is 0.0208 e. The van der Waals surface area contributed by atoms with Crippen LogP contribution in [0.5, 0.6) is 0 Å². The molecule has 0 bridgehead atoms. The molecule has 2 heteroatoms. The Morgan fingerprint density at radius 3 is 2.81 bits per heavy atom. The maximum absolute atomic E-state index is 3.69. The molecular weight excluding hydrogens is 214 g/mol. The van der Waals surface area contributed by atoms with Gasteiger partial charge in [0.05, 0.1) is 0 Å². The summed E-state index contributed by atoms with van der Waals surface area (Å²) in [5.41, 5.74) is 1.40. The summed E-state index contributed by atoms with van der Waals surface area (Å²) in [5.74, 6) is 0. The third-order valence-electron chi connectivity index (χ3n) is 3.40. The Balaban J connectivity index is 1.77. The third kappa shape index (κ3) is 3.53. The summed E-state index contributed by atoms with van der Waals surface area (Å²) in [4.78, 5) is 0. The Morgan fingerprint density at radius 2 is 2.06 bits per heavy atom. The lowest BCUT2D eigenvalue weighted by Crippen LogP contribution is -2.34. The first-order valence-electron chi connectivity index (χ1n) is 6.18. The molecule has 1 aliphatic rings. The molecule has 16 heavy (non-hydrogen) atoms. The van der Waals surface area contributed by atoms with Crippen molar-refractivity contribution >= 4 is 11.8 Å². The van der Waals surface area contributed by atoms with Crippen LogP contribution in [0, 0.1) is 0 Å². The minimum atomic E-state index is 0.728. The quantitative estimate of drug-likeness (QED) is 0.858. The molecule has 1 N–H and O–H groups in total. The van der Waals surface area contributed by atoms with Gasteiger partial charge in [-0.3, -0.25) is 0 Å². The lowest BCUT2D eigenvalue weighted by molar-refractivity contribution is 0.380. The van der Waals surface area contributed by atoms with Gasteiger partial charge in [0, 0.05) is 17.8 Å². The van der Waals surface area contributed by atoms with E-state index in [1.807, 2.05) is 11.8 Å². The normalized spacial score (nSPS) is 25.6. The average molecular weight is 235 g/mol. The summed E-state index contributed by atoms with van der Waals surface area (Å²) in [6.45, 7) is 1.02. The van der Waals surface area contributed by atoms with E-state index >= 15 is 0 Å². The van der Waals surface area contributed by atoms with E-state index < -0.39 is 0 Å². The topological polar surface area (TPSA) is 12.0 Å². The number of thioether (sulfide) groups is 1. The maximum atomic E-state index is 3.69. The molecule has 1 fully saturated rings. The van der Waals surface area contributed by atoms with Crippen LogP contribution in [-0.2, 0) is 6.54 Å². The van der Waals surface area contributed by atoms with E-state index in [0.717, 1.165) is 17.8 Å². The Hall–Kier alpha value is -0.470. The van der Waals surface area contributed by atoms with E-state index in [0.29, 0.717) is 0 Å². The average Bonchev–Trinajstić information content (AvgIpc) is 2.38. The molecule has 1 saturated carbocycles. The minimum Gasteiger partial charge on any atom is -0.310 e.